The SMILES string of the molecule is Cc1ccc(Cn2cc(C(=O)NC3=CCC(=O)C(C4=Cc5cc(OCCN6CC(C)OC(C)C6)ccc5C4)=C3)cn2)cc1. The van der Waals surface area contributed by atoms with Gasteiger partial charge >= 0.3 is 0 Å². The number of fused-ring (bicyclic) bond motifs is 1. The third-order valence-corrected chi connectivity index (χ3v) is 8.07. The molecule has 43 heavy (non-hydrogen) atoms. The number of benzene rings is 2. The van der Waals surface area contributed by atoms with Crippen molar-refractivity contribution in [2.75, 3.05) is 26.2 Å². The van der Waals surface area contributed by atoms with Gasteiger partial charge in [0.2, 0.25) is 0 Å². The number of aryl methyl sites for hydroxylation is 1. The summed E-state index contributed by atoms with van der Waals surface area (Å²) in [4.78, 5) is 28.3. The van der Waals surface area contributed by atoms with Crippen LogP contribution in [0.3, 0.4) is 0 Å². The first kappa shape index (κ1) is 28.8. The number of aromatic nitrogens is 2. The van der Waals surface area contributed by atoms with Crippen LogP contribution in [0.1, 0.15) is 52.9 Å². The maximum atomic E-state index is 13.0. The molecule has 8 heteroatoms. The van der Waals surface area contributed by atoms with E-state index in [-0.39, 0.29) is 30.3 Å². The lowest BCUT2D eigenvalue weighted by Gasteiger charge is -2.35. The van der Waals surface area contributed by atoms with Gasteiger partial charge in [0.15, 0.2) is 5.78 Å². The molecule has 3 aromatic rings. The second-order valence-electron chi connectivity index (χ2n) is 11.8. The van der Waals surface area contributed by atoms with E-state index >= 15 is 0 Å². The highest BCUT2D eigenvalue weighted by Gasteiger charge is 2.25. The summed E-state index contributed by atoms with van der Waals surface area (Å²) < 4.78 is 13.7. The number of nitrogens with one attached hydrogen (secondary N) is 1. The van der Waals surface area contributed by atoms with E-state index in [0.717, 1.165) is 47.6 Å². The summed E-state index contributed by atoms with van der Waals surface area (Å²) in [6, 6.07) is 14.4. The van der Waals surface area contributed by atoms with Crippen LogP contribution in [0.2, 0.25) is 0 Å². The molecule has 8 nitrogen and oxygen atoms in total. The number of carbonyl (C=O) groups excluding carboxylic acids is 2. The van der Waals surface area contributed by atoms with Gasteiger partial charge in [-0.05, 0) is 67.7 Å². The average Bonchev–Trinajstić information content (AvgIpc) is 3.62. The van der Waals surface area contributed by atoms with Crippen molar-refractivity contribution in [3.05, 3.63) is 112 Å². The van der Waals surface area contributed by atoms with E-state index < -0.39 is 0 Å². The van der Waals surface area contributed by atoms with Crippen LogP contribution in [-0.2, 0) is 22.5 Å². The first-order chi connectivity index (χ1) is 20.8. The molecular weight excluding hydrogens is 540 g/mol. The number of carbonyl (C=O) groups is 2. The number of rotatable bonds is 9. The lowest BCUT2D eigenvalue weighted by Crippen LogP contribution is -2.46. The largest absolute Gasteiger partial charge is 0.492 e. The Hall–Kier alpha value is -4.27. The first-order valence-electron chi connectivity index (χ1n) is 15.0. The van der Waals surface area contributed by atoms with Crippen LogP contribution in [0.15, 0.2) is 83.9 Å². The summed E-state index contributed by atoms with van der Waals surface area (Å²) in [5, 5.41) is 7.32. The van der Waals surface area contributed by atoms with E-state index in [1.165, 1.54) is 5.56 Å². The van der Waals surface area contributed by atoms with E-state index in [4.69, 9.17) is 9.47 Å². The molecule has 1 saturated heterocycles. The van der Waals surface area contributed by atoms with Crippen LogP contribution in [0, 0.1) is 6.92 Å². The molecule has 1 aromatic heterocycles. The van der Waals surface area contributed by atoms with Gasteiger partial charge in [-0.15, -0.1) is 0 Å². The lowest BCUT2D eigenvalue weighted by molar-refractivity contribution is -0.114. The minimum Gasteiger partial charge on any atom is -0.492 e. The minimum absolute atomic E-state index is 0.0495. The van der Waals surface area contributed by atoms with Gasteiger partial charge in [0.05, 0.1) is 30.5 Å². The van der Waals surface area contributed by atoms with Gasteiger partial charge in [0.1, 0.15) is 12.4 Å². The molecule has 2 aliphatic carbocycles. The molecule has 6 rings (SSSR count). The zero-order valence-electron chi connectivity index (χ0n) is 25.0. The maximum Gasteiger partial charge on any atom is 0.258 e. The van der Waals surface area contributed by atoms with Gasteiger partial charge < -0.3 is 14.8 Å². The molecule has 0 radical (unpaired) electrons. The second kappa shape index (κ2) is 12.5. The molecule has 3 aliphatic rings. The molecule has 1 amide bonds. The Kier molecular flexibility index (Phi) is 8.40. The van der Waals surface area contributed by atoms with Crippen LogP contribution in [-0.4, -0.2) is 64.8 Å². The summed E-state index contributed by atoms with van der Waals surface area (Å²) in [6.07, 6.45) is 10.3. The molecule has 0 spiro atoms. The summed E-state index contributed by atoms with van der Waals surface area (Å²) in [7, 11) is 0. The standard InChI is InChI=1S/C35H38N4O4/c1-23-4-6-26(7-5-23)21-39-22-30(18-36-39)35(41)37-31-9-11-34(40)33(17-31)29-14-27-8-10-32(16-28(27)15-29)42-13-12-38-19-24(2)43-25(3)20-38/h4-10,15-18,22,24-25H,11-14,19-21H2,1-3H3,(H,37,41). The summed E-state index contributed by atoms with van der Waals surface area (Å²) in [5.41, 5.74) is 7.23. The third-order valence-electron chi connectivity index (χ3n) is 8.07. The summed E-state index contributed by atoms with van der Waals surface area (Å²) >= 11 is 0. The number of nitrogens with zero attached hydrogens (tertiary/aromatic N) is 3. The average molecular weight is 579 g/mol. The van der Waals surface area contributed by atoms with Gasteiger partial charge in [0.25, 0.3) is 5.91 Å². The molecule has 0 bridgehead atoms. The minimum atomic E-state index is -0.252. The van der Waals surface area contributed by atoms with Gasteiger partial charge in [-0.2, -0.15) is 5.10 Å². The number of Topliss-reactive ketones (excluding diaryl/α,β-unsaturated/α-hetero) is 1. The fourth-order valence-electron chi connectivity index (χ4n) is 5.95. The molecule has 1 N–H and O–H groups in total. The molecule has 222 valence electrons. The highest BCUT2D eigenvalue weighted by atomic mass is 16.5. The Balaban J connectivity index is 1.07. The topological polar surface area (TPSA) is 85.7 Å². The number of hydrogen-bond acceptors (Lipinski definition) is 6. The quantitative estimate of drug-likeness (QED) is 0.390. The van der Waals surface area contributed by atoms with Crippen LogP contribution in [0.5, 0.6) is 5.75 Å². The predicted molar refractivity (Wildman–Crippen MR) is 166 cm³/mol. The predicted octanol–water partition coefficient (Wildman–Crippen LogP) is 4.88. The highest BCUT2D eigenvalue weighted by molar-refractivity contribution is 6.04. The molecule has 2 heterocycles. The zero-order chi connectivity index (χ0) is 29.9. The van der Waals surface area contributed by atoms with Crippen LogP contribution in [0.4, 0.5) is 0 Å². The Morgan fingerprint density at radius 1 is 1.09 bits per heavy atom. The smallest absolute Gasteiger partial charge is 0.258 e. The second-order valence-corrected chi connectivity index (χ2v) is 11.8. The first-order valence-corrected chi connectivity index (χ1v) is 15.0. The van der Waals surface area contributed by atoms with E-state index in [1.54, 1.807) is 29.2 Å². The van der Waals surface area contributed by atoms with E-state index in [1.807, 2.05) is 12.1 Å². The Labute approximate surface area is 252 Å². The number of amides is 1. The number of hydrogen-bond donors (Lipinski definition) is 1. The van der Waals surface area contributed by atoms with Crippen molar-refractivity contribution in [2.45, 2.75) is 52.4 Å². The molecular formula is C35H38N4O4. The van der Waals surface area contributed by atoms with Crippen molar-refractivity contribution in [2.24, 2.45) is 0 Å². The number of allylic oxidation sites excluding steroid dienone is 4. The van der Waals surface area contributed by atoms with E-state index in [9.17, 15) is 9.59 Å². The van der Waals surface area contributed by atoms with Crippen LogP contribution >= 0.6 is 0 Å². The van der Waals surface area contributed by atoms with Crippen LogP contribution in [0.25, 0.3) is 6.08 Å². The Morgan fingerprint density at radius 3 is 2.67 bits per heavy atom. The van der Waals surface area contributed by atoms with Gasteiger partial charge in [-0.3, -0.25) is 19.2 Å². The lowest BCUT2D eigenvalue weighted by atomic mass is 9.93. The molecule has 1 aliphatic heterocycles. The van der Waals surface area contributed by atoms with Crippen molar-refractivity contribution in [1.82, 2.24) is 20.0 Å². The Morgan fingerprint density at radius 2 is 1.88 bits per heavy atom. The normalized spacial score (nSPS) is 20.3. The number of morpholine rings is 1. The summed E-state index contributed by atoms with van der Waals surface area (Å²) in [6.45, 7) is 10.2. The van der Waals surface area contributed by atoms with Crippen molar-refractivity contribution < 1.29 is 19.1 Å². The van der Waals surface area contributed by atoms with Crippen molar-refractivity contribution in [3.63, 3.8) is 0 Å². The molecule has 0 saturated carbocycles. The number of ketones is 1. The van der Waals surface area contributed by atoms with Gasteiger partial charge in [-0.25, -0.2) is 0 Å². The van der Waals surface area contributed by atoms with E-state index in [0.29, 0.717) is 36.4 Å². The highest BCUT2D eigenvalue weighted by Crippen LogP contribution is 2.34. The summed E-state index contributed by atoms with van der Waals surface area (Å²) in [5.74, 6) is 0.622. The van der Waals surface area contributed by atoms with Gasteiger partial charge in [0, 0.05) is 43.5 Å². The van der Waals surface area contributed by atoms with Crippen molar-refractivity contribution in [3.8, 4) is 5.75 Å². The fourth-order valence-corrected chi connectivity index (χ4v) is 5.95. The fraction of sp³-hybridized carbons (Fsp3) is 0.343. The van der Waals surface area contributed by atoms with Crippen molar-refractivity contribution in [1.29, 1.82) is 0 Å². The maximum absolute atomic E-state index is 13.0. The third kappa shape index (κ3) is 7.04. The molecule has 2 aromatic carbocycles. The van der Waals surface area contributed by atoms with E-state index in [2.05, 4.69) is 72.5 Å². The molecule has 1 fully saturated rings. The molecule has 2 unspecified atom stereocenters. The van der Waals surface area contributed by atoms with Crippen molar-refractivity contribution >= 4 is 17.8 Å². The Bertz CT molecular complexity index is 1600. The van der Waals surface area contributed by atoms with Gasteiger partial charge in [-0.1, -0.05) is 48.0 Å². The number of ether oxygens (including phenoxy) is 2. The zero-order valence-corrected chi connectivity index (χ0v) is 25.0. The van der Waals surface area contributed by atoms with Crippen LogP contribution < -0.4 is 10.1 Å². The molecule has 2 atom stereocenters. The monoisotopic (exact) mass is 578 g/mol.